The highest BCUT2D eigenvalue weighted by Crippen LogP contribution is 2.10. The van der Waals surface area contributed by atoms with Gasteiger partial charge in [-0.15, -0.1) is 0 Å². The Morgan fingerprint density at radius 2 is 1.84 bits per heavy atom. The molecule has 0 aliphatic heterocycles. The summed E-state index contributed by atoms with van der Waals surface area (Å²) in [6.45, 7) is 7.44. The summed E-state index contributed by atoms with van der Waals surface area (Å²) in [7, 11) is 0. The van der Waals surface area contributed by atoms with Crippen molar-refractivity contribution in [3.05, 3.63) is 53.4 Å². The molecule has 1 rings (SSSR count). The van der Waals surface area contributed by atoms with E-state index in [0.29, 0.717) is 22.7 Å². The first-order valence-electron chi connectivity index (χ1n) is 6.17. The van der Waals surface area contributed by atoms with E-state index in [0.717, 1.165) is 0 Å². The summed E-state index contributed by atoms with van der Waals surface area (Å²) >= 11 is 0. The van der Waals surface area contributed by atoms with Crippen LogP contribution in [0.1, 0.15) is 38.1 Å². The topological polar surface area (TPSA) is 78.3 Å². The fraction of sp³-hybridized carbons (Fsp3) is 0.267. The molecule has 0 heterocycles. The van der Waals surface area contributed by atoms with Crippen molar-refractivity contribution in [3.8, 4) is 0 Å². The van der Waals surface area contributed by atoms with Crippen LogP contribution in [0.15, 0.2) is 47.9 Å². The molecule has 0 radical (unpaired) electrons. The van der Waals surface area contributed by atoms with Gasteiger partial charge in [-0.2, -0.15) is 0 Å². The Morgan fingerprint density at radius 3 is 2.37 bits per heavy atom. The molecule has 0 aromatic heterocycles. The predicted octanol–water partition coefficient (Wildman–Crippen LogP) is 3.22. The van der Waals surface area contributed by atoms with Crippen molar-refractivity contribution in [2.75, 3.05) is 5.73 Å². The first kappa shape index (κ1) is 16.8. The highest BCUT2D eigenvalue weighted by molar-refractivity contribution is 5.91. The zero-order chi connectivity index (χ0) is 14.8. The van der Waals surface area contributed by atoms with Crippen molar-refractivity contribution in [1.82, 2.24) is 0 Å². The Morgan fingerprint density at radius 1 is 1.21 bits per heavy atom. The molecule has 104 valence electrons. The minimum absolute atomic E-state index is 0.422. The Kier molecular flexibility index (Phi) is 7.77. The molecule has 19 heavy (non-hydrogen) atoms. The lowest BCUT2D eigenvalue weighted by Gasteiger charge is -2.04. The number of esters is 1. The second-order valence-electron chi connectivity index (χ2n) is 3.70. The Labute approximate surface area is 114 Å². The number of anilines is 1. The fourth-order valence-electron chi connectivity index (χ4n) is 1.15. The highest BCUT2D eigenvalue weighted by atomic mass is 16.5. The van der Waals surface area contributed by atoms with Gasteiger partial charge in [0.15, 0.2) is 0 Å². The lowest BCUT2D eigenvalue weighted by Crippen LogP contribution is -2.04. The highest BCUT2D eigenvalue weighted by Gasteiger charge is 2.07. The van der Waals surface area contributed by atoms with Crippen LogP contribution in [0.4, 0.5) is 5.69 Å². The number of rotatable bonds is 3. The molecule has 0 aliphatic carbocycles. The Balaban J connectivity index is 0.00000154. The van der Waals surface area contributed by atoms with Crippen LogP contribution >= 0.6 is 0 Å². The van der Waals surface area contributed by atoms with Crippen LogP contribution in [0.25, 0.3) is 0 Å². The minimum Gasteiger partial charge on any atom is -0.428 e. The standard InChI is InChI=1S/C13H16N2O2.C2H6/c1-9(14)6-7-10(2)17-13(16)11-4-3-5-12(15)8-11;1-2/h3-8H,14-15H2,1-2H3;1-2H3/b9-6+,10-7+;. The van der Waals surface area contributed by atoms with Crippen LogP contribution in [0.2, 0.25) is 0 Å². The molecule has 1 aromatic rings. The van der Waals surface area contributed by atoms with Crippen LogP contribution < -0.4 is 11.5 Å². The van der Waals surface area contributed by atoms with E-state index in [1.165, 1.54) is 0 Å². The van der Waals surface area contributed by atoms with E-state index in [1.807, 2.05) is 13.8 Å². The van der Waals surface area contributed by atoms with Crippen LogP contribution in [0.3, 0.4) is 0 Å². The number of carbonyl (C=O) groups is 1. The van der Waals surface area contributed by atoms with Gasteiger partial charge in [0.05, 0.1) is 5.56 Å². The molecule has 0 aliphatic rings. The molecule has 0 amide bonds. The summed E-state index contributed by atoms with van der Waals surface area (Å²) in [5, 5.41) is 0. The molecule has 4 heteroatoms. The SMILES string of the molecule is C/C(N)=C\C=C(/C)OC(=O)c1cccc(N)c1.CC. The summed E-state index contributed by atoms with van der Waals surface area (Å²) in [6.07, 6.45) is 3.31. The largest absolute Gasteiger partial charge is 0.428 e. The van der Waals surface area contributed by atoms with Crippen molar-refractivity contribution in [2.24, 2.45) is 5.73 Å². The third kappa shape index (κ3) is 6.93. The number of hydrogen-bond acceptors (Lipinski definition) is 4. The monoisotopic (exact) mass is 262 g/mol. The van der Waals surface area contributed by atoms with Crippen LogP contribution in [0, 0.1) is 0 Å². The molecule has 0 spiro atoms. The lowest BCUT2D eigenvalue weighted by molar-refractivity contribution is 0.0626. The maximum absolute atomic E-state index is 11.7. The number of benzene rings is 1. The molecule has 0 unspecified atom stereocenters. The summed E-state index contributed by atoms with van der Waals surface area (Å²) in [5.74, 6) is 0.0383. The van der Waals surface area contributed by atoms with Gasteiger partial charge in [-0.05, 0) is 44.2 Å². The molecule has 0 bridgehead atoms. The van der Waals surface area contributed by atoms with Crippen molar-refractivity contribution in [3.63, 3.8) is 0 Å². The second-order valence-corrected chi connectivity index (χ2v) is 3.70. The van der Waals surface area contributed by atoms with Gasteiger partial charge in [0.25, 0.3) is 0 Å². The van der Waals surface area contributed by atoms with Gasteiger partial charge in [0.2, 0.25) is 0 Å². The van der Waals surface area contributed by atoms with E-state index < -0.39 is 5.97 Å². The molecule has 4 nitrogen and oxygen atoms in total. The van der Waals surface area contributed by atoms with E-state index >= 15 is 0 Å². The average Bonchev–Trinajstić information content (AvgIpc) is 2.38. The van der Waals surface area contributed by atoms with Crippen molar-refractivity contribution >= 4 is 11.7 Å². The molecule has 0 saturated heterocycles. The first-order valence-corrected chi connectivity index (χ1v) is 6.17. The van der Waals surface area contributed by atoms with Gasteiger partial charge in [-0.25, -0.2) is 4.79 Å². The van der Waals surface area contributed by atoms with Gasteiger partial charge >= 0.3 is 5.97 Å². The van der Waals surface area contributed by atoms with Gasteiger partial charge < -0.3 is 16.2 Å². The van der Waals surface area contributed by atoms with E-state index in [4.69, 9.17) is 16.2 Å². The maximum Gasteiger partial charge on any atom is 0.343 e. The first-order chi connectivity index (χ1) is 8.99. The molecular weight excluding hydrogens is 240 g/mol. The van der Waals surface area contributed by atoms with E-state index in [2.05, 4.69) is 0 Å². The number of ether oxygens (including phenoxy) is 1. The Hall–Kier alpha value is -2.23. The van der Waals surface area contributed by atoms with Crippen LogP contribution in [0.5, 0.6) is 0 Å². The molecule has 0 atom stereocenters. The summed E-state index contributed by atoms with van der Waals surface area (Å²) in [4.78, 5) is 11.7. The van der Waals surface area contributed by atoms with Crippen LogP contribution in [-0.2, 0) is 4.74 Å². The number of allylic oxidation sites excluding steroid dienone is 4. The zero-order valence-electron chi connectivity index (χ0n) is 11.9. The van der Waals surface area contributed by atoms with E-state index in [9.17, 15) is 4.79 Å². The predicted molar refractivity (Wildman–Crippen MR) is 79.3 cm³/mol. The number of nitrogens with two attached hydrogens (primary N) is 2. The number of nitrogen functional groups attached to an aromatic ring is 1. The number of hydrogen-bond donors (Lipinski definition) is 2. The summed E-state index contributed by atoms with van der Waals surface area (Å²) in [6, 6.07) is 6.63. The Bertz CT molecular complexity index is 473. The zero-order valence-corrected chi connectivity index (χ0v) is 11.9. The molecular formula is C15H22N2O2. The average molecular weight is 262 g/mol. The molecule has 0 fully saturated rings. The minimum atomic E-state index is -0.436. The van der Waals surface area contributed by atoms with E-state index in [-0.39, 0.29) is 0 Å². The summed E-state index contributed by atoms with van der Waals surface area (Å²) < 4.78 is 5.11. The van der Waals surface area contributed by atoms with Crippen molar-refractivity contribution in [1.29, 1.82) is 0 Å². The maximum atomic E-state index is 11.7. The third-order valence-electron chi connectivity index (χ3n) is 1.96. The molecule has 0 saturated carbocycles. The van der Waals surface area contributed by atoms with Gasteiger partial charge in [0.1, 0.15) is 5.76 Å². The van der Waals surface area contributed by atoms with Crippen molar-refractivity contribution in [2.45, 2.75) is 27.7 Å². The van der Waals surface area contributed by atoms with Crippen LogP contribution in [-0.4, -0.2) is 5.97 Å². The fourth-order valence-corrected chi connectivity index (χ4v) is 1.15. The molecule has 4 N–H and O–H groups in total. The van der Waals surface area contributed by atoms with Crippen molar-refractivity contribution < 1.29 is 9.53 Å². The lowest BCUT2D eigenvalue weighted by atomic mass is 10.2. The normalized spacial score (nSPS) is 11.4. The van der Waals surface area contributed by atoms with Gasteiger partial charge in [-0.1, -0.05) is 19.9 Å². The van der Waals surface area contributed by atoms with E-state index in [1.54, 1.807) is 50.3 Å². The molecule has 1 aromatic carbocycles. The second kappa shape index (κ2) is 8.80. The summed E-state index contributed by atoms with van der Waals surface area (Å²) in [5.41, 5.74) is 12.6. The van der Waals surface area contributed by atoms with Gasteiger partial charge in [-0.3, -0.25) is 0 Å². The third-order valence-corrected chi connectivity index (χ3v) is 1.96. The quantitative estimate of drug-likeness (QED) is 0.379. The van der Waals surface area contributed by atoms with Gasteiger partial charge in [0, 0.05) is 11.4 Å². The number of carbonyl (C=O) groups excluding carboxylic acids is 1. The smallest absolute Gasteiger partial charge is 0.343 e.